The van der Waals surface area contributed by atoms with E-state index < -0.39 is 0 Å². The molecule has 0 saturated carbocycles. The Morgan fingerprint density at radius 1 is 0.415 bits per heavy atom. The maximum atomic E-state index is 6.80. The van der Waals surface area contributed by atoms with Gasteiger partial charge >= 0.3 is 0 Å². The molecule has 0 radical (unpaired) electrons. The van der Waals surface area contributed by atoms with Crippen LogP contribution in [0.4, 0.5) is 0 Å². The number of nitrogens with zero attached hydrogens (tertiary/aromatic N) is 5. The van der Waals surface area contributed by atoms with Crippen LogP contribution in [-0.2, 0) is 0 Å². The summed E-state index contributed by atoms with van der Waals surface area (Å²) in [5, 5.41) is 4.83. The third-order valence-corrected chi connectivity index (χ3v) is 10.3. The SMILES string of the molecule is c1cncc(-c2cc(-c3cccnc3)c3nc(-c4cc(-n5c6ccccc6c6ccccc65)cc(-n5c6ccccc6c6ccccc65)c4)oc3c2)c1. The van der Waals surface area contributed by atoms with Gasteiger partial charge in [0.1, 0.15) is 5.52 Å². The van der Waals surface area contributed by atoms with Gasteiger partial charge in [-0.25, -0.2) is 4.98 Å². The fourth-order valence-electron chi connectivity index (χ4n) is 7.97. The minimum Gasteiger partial charge on any atom is -0.436 e. The first-order valence-corrected chi connectivity index (χ1v) is 17.7. The van der Waals surface area contributed by atoms with Gasteiger partial charge in [0.05, 0.1) is 22.1 Å². The second-order valence-electron chi connectivity index (χ2n) is 13.4. The highest BCUT2D eigenvalue weighted by atomic mass is 16.3. The Kier molecular flexibility index (Phi) is 6.45. The summed E-state index contributed by atoms with van der Waals surface area (Å²) < 4.78 is 11.5. The highest BCUT2D eigenvalue weighted by Crippen LogP contribution is 2.40. The molecule has 0 amide bonds. The van der Waals surface area contributed by atoms with Gasteiger partial charge in [-0.3, -0.25) is 9.97 Å². The molecule has 53 heavy (non-hydrogen) atoms. The number of pyridine rings is 2. The van der Waals surface area contributed by atoms with E-state index in [9.17, 15) is 0 Å². The minimum atomic E-state index is 0.540. The molecule has 5 heterocycles. The summed E-state index contributed by atoms with van der Waals surface area (Å²) in [6, 6.07) is 53.4. The predicted molar refractivity (Wildman–Crippen MR) is 215 cm³/mol. The summed E-state index contributed by atoms with van der Waals surface area (Å²) in [5.74, 6) is 0.540. The average Bonchev–Trinajstić information content (AvgIpc) is 3.92. The summed E-state index contributed by atoms with van der Waals surface area (Å²) in [6.07, 6.45) is 7.32. The molecular weight excluding hydrogens is 651 g/mol. The van der Waals surface area contributed by atoms with Gasteiger partial charge in [0.2, 0.25) is 5.89 Å². The second-order valence-corrected chi connectivity index (χ2v) is 13.4. The van der Waals surface area contributed by atoms with Crippen LogP contribution in [0.15, 0.2) is 181 Å². The van der Waals surface area contributed by atoms with Gasteiger partial charge in [-0.15, -0.1) is 0 Å². The van der Waals surface area contributed by atoms with Gasteiger partial charge in [0.15, 0.2) is 5.58 Å². The van der Waals surface area contributed by atoms with Crippen LogP contribution >= 0.6 is 0 Å². The van der Waals surface area contributed by atoms with Crippen LogP contribution in [0.5, 0.6) is 0 Å². The first-order chi connectivity index (χ1) is 26.3. The molecule has 6 heteroatoms. The van der Waals surface area contributed by atoms with E-state index in [1.807, 2.05) is 24.5 Å². The zero-order valence-electron chi connectivity index (χ0n) is 28.4. The first kappa shape index (κ1) is 29.4. The lowest BCUT2D eigenvalue weighted by atomic mass is 9.99. The van der Waals surface area contributed by atoms with Crippen molar-refractivity contribution in [3.05, 3.63) is 176 Å². The lowest BCUT2D eigenvalue weighted by Gasteiger charge is -2.14. The molecule has 0 unspecified atom stereocenters. The Labute approximate surface area is 303 Å². The number of oxazole rings is 1. The van der Waals surface area contributed by atoms with Crippen LogP contribution in [0, 0.1) is 0 Å². The molecule has 0 bridgehead atoms. The van der Waals surface area contributed by atoms with Gasteiger partial charge in [0, 0.05) is 80.0 Å². The third kappa shape index (κ3) is 4.63. The van der Waals surface area contributed by atoms with Crippen molar-refractivity contribution >= 4 is 54.7 Å². The van der Waals surface area contributed by atoms with Gasteiger partial charge < -0.3 is 13.6 Å². The van der Waals surface area contributed by atoms with Crippen molar-refractivity contribution < 1.29 is 4.42 Å². The molecule has 11 rings (SSSR count). The molecule has 0 atom stereocenters. The second kappa shape index (κ2) is 11.6. The van der Waals surface area contributed by atoms with Crippen LogP contribution in [-0.4, -0.2) is 24.1 Å². The standard InChI is InChI=1S/C47H29N5O/c1-5-17-41-36(13-1)37-14-2-6-18-42(37)51(41)34-23-33(24-35(27-34)52-43-19-7-3-15-38(43)39-16-4-8-20-44(39)52)47-50-46-40(31-12-10-22-49-29-31)25-32(26-45(46)53-47)30-11-9-21-48-28-30/h1-29H. The Hall–Kier alpha value is -7.31. The molecule has 5 aromatic heterocycles. The van der Waals surface area contributed by atoms with Gasteiger partial charge in [-0.1, -0.05) is 84.9 Å². The van der Waals surface area contributed by atoms with Crippen LogP contribution in [0.3, 0.4) is 0 Å². The Bertz CT molecular complexity index is 2940. The van der Waals surface area contributed by atoms with Crippen molar-refractivity contribution in [2.75, 3.05) is 0 Å². The molecule has 6 aromatic carbocycles. The maximum Gasteiger partial charge on any atom is 0.227 e. The maximum absolute atomic E-state index is 6.80. The van der Waals surface area contributed by atoms with Crippen molar-refractivity contribution in [3.8, 4) is 45.1 Å². The summed E-state index contributed by atoms with van der Waals surface area (Å²) >= 11 is 0. The summed E-state index contributed by atoms with van der Waals surface area (Å²) in [4.78, 5) is 14.1. The van der Waals surface area contributed by atoms with E-state index in [4.69, 9.17) is 9.40 Å². The molecule has 6 nitrogen and oxygen atoms in total. The largest absolute Gasteiger partial charge is 0.436 e. The smallest absolute Gasteiger partial charge is 0.227 e. The van der Waals surface area contributed by atoms with E-state index in [1.165, 1.54) is 21.5 Å². The van der Waals surface area contributed by atoms with E-state index in [0.717, 1.165) is 66.8 Å². The number of para-hydroxylation sites is 4. The van der Waals surface area contributed by atoms with Crippen molar-refractivity contribution in [1.29, 1.82) is 0 Å². The Balaban J connectivity index is 1.22. The minimum absolute atomic E-state index is 0.540. The topological polar surface area (TPSA) is 61.7 Å². The highest BCUT2D eigenvalue weighted by Gasteiger charge is 2.20. The van der Waals surface area contributed by atoms with E-state index in [1.54, 1.807) is 12.4 Å². The normalized spacial score (nSPS) is 11.8. The van der Waals surface area contributed by atoms with E-state index in [-0.39, 0.29) is 0 Å². The quantitative estimate of drug-likeness (QED) is 0.182. The molecule has 11 aromatic rings. The van der Waals surface area contributed by atoms with Gasteiger partial charge in [-0.05, 0) is 72.3 Å². The molecular formula is C47H29N5O. The van der Waals surface area contributed by atoms with E-state index in [2.05, 4.69) is 159 Å². The summed E-state index contributed by atoms with van der Waals surface area (Å²) in [5.41, 5.74) is 12.8. The van der Waals surface area contributed by atoms with E-state index >= 15 is 0 Å². The summed E-state index contributed by atoms with van der Waals surface area (Å²) in [6.45, 7) is 0. The molecule has 0 saturated heterocycles. The number of aromatic nitrogens is 5. The molecule has 0 spiro atoms. The molecule has 0 aliphatic carbocycles. The van der Waals surface area contributed by atoms with Crippen molar-refractivity contribution in [2.24, 2.45) is 0 Å². The zero-order valence-corrected chi connectivity index (χ0v) is 28.4. The highest BCUT2D eigenvalue weighted by molar-refractivity contribution is 6.10. The summed E-state index contributed by atoms with van der Waals surface area (Å²) in [7, 11) is 0. The molecule has 248 valence electrons. The number of benzene rings is 6. The van der Waals surface area contributed by atoms with Gasteiger partial charge in [0.25, 0.3) is 0 Å². The molecule has 0 aliphatic heterocycles. The predicted octanol–water partition coefficient (Wildman–Crippen LogP) is 11.8. The lowest BCUT2D eigenvalue weighted by Crippen LogP contribution is -2.00. The van der Waals surface area contributed by atoms with Gasteiger partial charge in [-0.2, -0.15) is 0 Å². The Morgan fingerprint density at radius 3 is 1.40 bits per heavy atom. The number of hydrogen-bond donors (Lipinski definition) is 0. The van der Waals surface area contributed by atoms with Crippen molar-refractivity contribution in [1.82, 2.24) is 24.1 Å². The monoisotopic (exact) mass is 679 g/mol. The average molecular weight is 680 g/mol. The molecule has 0 aliphatic rings. The number of hydrogen-bond acceptors (Lipinski definition) is 4. The first-order valence-electron chi connectivity index (χ1n) is 17.7. The van der Waals surface area contributed by atoms with Crippen LogP contribution in [0.25, 0.3) is 99.8 Å². The third-order valence-electron chi connectivity index (χ3n) is 10.3. The molecule has 0 N–H and O–H groups in total. The van der Waals surface area contributed by atoms with Crippen LogP contribution in [0.2, 0.25) is 0 Å². The zero-order chi connectivity index (χ0) is 34.9. The Morgan fingerprint density at radius 2 is 0.906 bits per heavy atom. The van der Waals surface area contributed by atoms with Crippen molar-refractivity contribution in [3.63, 3.8) is 0 Å². The van der Waals surface area contributed by atoms with Crippen molar-refractivity contribution in [2.45, 2.75) is 0 Å². The number of fused-ring (bicyclic) bond motifs is 7. The fraction of sp³-hybridized carbons (Fsp3) is 0. The molecule has 0 fully saturated rings. The number of rotatable bonds is 5. The lowest BCUT2D eigenvalue weighted by molar-refractivity contribution is 0.620. The van der Waals surface area contributed by atoms with Crippen LogP contribution < -0.4 is 0 Å². The van der Waals surface area contributed by atoms with Crippen LogP contribution in [0.1, 0.15) is 0 Å². The van der Waals surface area contributed by atoms with E-state index in [0.29, 0.717) is 11.5 Å². The fourth-order valence-corrected chi connectivity index (χ4v) is 7.97.